The molecule has 1 heterocycles. The molecule has 5 heteroatoms. The van der Waals surface area contributed by atoms with E-state index in [0.29, 0.717) is 6.54 Å². The SMILES string of the molecule is CC(C(=O)NC(C)(C)C)N(C)Cc1ccc2c(c1)OCO2. The molecule has 1 aliphatic heterocycles. The van der Waals surface area contributed by atoms with Gasteiger partial charge in [0.05, 0.1) is 6.04 Å². The van der Waals surface area contributed by atoms with Crippen molar-refractivity contribution < 1.29 is 14.3 Å². The zero-order valence-corrected chi connectivity index (χ0v) is 13.4. The van der Waals surface area contributed by atoms with Crippen molar-refractivity contribution in [2.45, 2.75) is 45.8 Å². The van der Waals surface area contributed by atoms with Crippen molar-refractivity contribution in [1.82, 2.24) is 10.2 Å². The zero-order chi connectivity index (χ0) is 15.6. The van der Waals surface area contributed by atoms with E-state index in [2.05, 4.69) is 5.32 Å². The van der Waals surface area contributed by atoms with E-state index in [4.69, 9.17) is 9.47 Å². The first-order valence-corrected chi connectivity index (χ1v) is 7.17. The Labute approximate surface area is 126 Å². The number of nitrogens with zero attached hydrogens (tertiary/aromatic N) is 1. The molecular formula is C16H24N2O3. The fraction of sp³-hybridized carbons (Fsp3) is 0.562. The molecule has 0 aliphatic carbocycles. The van der Waals surface area contributed by atoms with Gasteiger partial charge < -0.3 is 14.8 Å². The molecular weight excluding hydrogens is 268 g/mol. The number of carbonyl (C=O) groups excluding carboxylic acids is 1. The van der Waals surface area contributed by atoms with E-state index in [1.54, 1.807) is 0 Å². The molecule has 0 radical (unpaired) electrons. The van der Waals surface area contributed by atoms with Gasteiger partial charge in [0.1, 0.15) is 0 Å². The summed E-state index contributed by atoms with van der Waals surface area (Å²) in [5.74, 6) is 1.58. The zero-order valence-electron chi connectivity index (χ0n) is 13.4. The Morgan fingerprint density at radius 2 is 2.00 bits per heavy atom. The van der Waals surface area contributed by atoms with Crippen LogP contribution in [0.2, 0.25) is 0 Å². The Hall–Kier alpha value is -1.75. The van der Waals surface area contributed by atoms with Crippen LogP contribution in [0.25, 0.3) is 0 Å². The van der Waals surface area contributed by atoms with Gasteiger partial charge in [-0.25, -0.2) is 0 Å². The Kier molecular flexibility index (Phi) is 4.42. The summed E-state index contributed by atoms with van der Waals surface area (Å²) in [6.45, 7) is 8.81. The molecule has 1 aromatic carbocycles. The average molecular weight is 292 g/mol. The van der Waals surface area contributed by atoms with Gasteiger partial charge >= 0.3 is 0 Å². The number of benzene rings is 1. The third-order valence-corrected chi connectivity index (χ3v) is 3.41. The molecule has 0 saturated carbocycles. The molecule has 0 bridgehead atoms. The van der Waals surface area contributed by atoms with Gasteiger partial charge in [-0.2, -0.15) is 0 Å². The molecule has 0 spiro atoms. The predicted octanol–water partition coefficient (Wildman–Crippen LogP) is 2.15. The summed E-state index contributed by atoms with van der Waals surface area (Å²) in [4.78, 5) is 14.2. The van der Waals surface area contributed by atoms with Crippen LogP contribution in [0.15, 0.2) is 18.2 Å². The molecule has 0 aromatic heterocycles. The second kappa shape index (κ2) is 5.93. The molecule has 116 valence electrons. The third-order valence-electron chi connectivity index (χ3n) is 3.41. The Morgan fingerprint density at radius 3 is 2.67 bits per heavy atom. The van der Waals surface area contributed by atoms with Crippen LogP contribution in [0.5, 0.6) is 11.5 Å². The Balaban J connectivity index is 1.97. The average Bonchev–Trinajstić information content (AvgIpc) is 2.83. The van der Waals surface area contributed by atoms with E-state index in [0.717, 1.165) is 17.1 Å². The van der Waals surface area contributed by atoms with Crippen LogP contribution in [0, 0.1) is 0 Å². The first kappa shape index (κ1) is 15.6. The first-order valence-electron chi connectivity index (χ1n) is 7.17. The molecule has 1 unspecified atom stereocenters. The van der Waals surface area contributed by atoms with Crippen LogP contribution in [0.3, 0.4) is 0 Å². The van der Waals surface area contributed by atoms with Crippen molar-refractivity contribution in [3.8, 4) is 11.5 Å². The Bertz CT molecular complexity index is 523. The number of rotatable bonds is 4. The minimum absolute atomic E-state index is 0.0331. The van der Waals surface area contributed by atoms with Gasteiger partial charge in [0.2, 0.25) is 12.7 Å². The standard InChI is InChI=1S/C16H24N2O3/c1-11(15(19)17-16(2,3)4)18(5)9-12-6-7-13-14(8-12)21-10-20-13/h6-8,11H,9-10H2,1-5H3,(H,17,19). The van der Waals surface area contributed by atoms with Crippen molar-refractivity contribution in [3.05, 3.63) is 23.8 Å². The second-order valence-electron chi connectivity index (χ2n) is 6.52. The second-order valence-corrected chi connectivity index (χ2v) is 6.52. The van der Waals surface area contributed by atoms with Crippen molar-refractivity contribution in [2.75, 3.05) is 13.8 Å². The largest absolute Gasteiger partial charge is 0.454 e. The molecule has 1 amide bonds. The van der Waals surface area contributed by atoms with Gasteiger partial charge in [0.15, 0.2) is 11.5 Å². The van der Waals surface area contributed by atoms with Crippen LogP contribution in [0.4, 0.5) is 0 Å². The van der Waals surface area contributed by atoms with Crippen LogP contribution in [0.1, 0.15) is 33.3 Å². The minimum atomic E-state index is -0.217. The predicted molar refractivity (Wildman–Crippen MR) is 81.4 cm³/mol. The number of hydrogen-bond donors (Lipinski definition) is 1. The van der Waals surface area contributed by atoms with E-state index in [1.165, 1.54) is 0 Å². The molecule has 2 rings (SSSR count). The normalized spacial score (nSPS) is 15.1. The van der Waals surface area contributed by atoms with Crippen LogP contribution in [-0.2, 0) is 11.3 Å². The molecule has 21 heavy (non-hydrogen) atoms. The highest BCUT2D eigenvalue weighted by atomic mass is 16.7. The lowest BCUT2D eigenvalue weighted by Crippen LogP contribution is -2.49. The lowest BCUT2D eigenvalue weighted by molar-refractivity contribution is -0.127. The molecule has 1 aromatic rings. The smallest absolute Gasteiger partial charge is 0.237 e. The number of fused-ring (bicyclic) bond motifs is 1. The van der Waals surface area contributed by atoms with Gasteiger partial charge in [0, 0.05) is 12.1 Å². The summed E-state index contributed by atoms with van der Waals surface area (Å²) in [6.07, 6.45) is 0. The van der Waals surface area contributed by atoms with Crippen molar-refractivity contribution in [3.63, 3.8) is 0 Å². The van der Waals surface area contributed by atoms with Crippen LogP contribution >= 0.6 is 0 Å². The first-order chi connectivity index (χ1) is 9.76. The van der Waals surface area contributed by atoms with Gasteiger partial charge in [-0.15, -0.1) is 0 Å². The van der Waals surface area contributed by atoms with E-state index in [9.17, 15) is 4.79 Å². The molecule has 5 nitrogen and oxygen atoms in total. The van der Waals surface area contributed by atoms with Crippen LogP contribution < -0.4 is 14.8 Å². The monoisotopic (exact) mass is 292 g/mol. The molecule has 1 N–H and O–H groups in total. The van der Waals surface area contributed by atoms with E-state index < -0.39 is 0 Å². The lowest BCUT2D eigenvalue weighted by atomic mass is 10.1. The van der Waals surface area contributed by atoms with E-state index in [-0.39, 0.29) is 24.3 Å². The van der Waals surface area contributed by atoms with Gasteiger partial charge in [-0.05, 0) is 52.4 Å². The van der Waals surface area contributed by atoms with Crippen molar-refractivity contribution in [1.29, 1.82) is 0 Å². The minimum Gasteiger partial charge on any atom is -0.454 e. The number of amides is 1. The Morgan fingerprint density at radius 1 is 1.33 bits per heavy atom. The maximum atomic E-state index is 12.2. The molecule has 0 fully saturated rings. The lowest BCUT2D eigenvalue weighted by Gasteiger charge is -2.28. The molecule has 1 aliphatic rings. The number of likely N-dealkylation sites (N-methyl/N-ethyl adjacent to an activating group) is 1. The highest BCUT2D eigenvalue weighted by Gasteiger charge is 2.23. The van der Waals surface area contributed by atoms with Crippen molar-refractivity contribution >= 4 is 5.91 Å². The van der Waals surface area contributed by atoms with Gasteiger partial charge in [-0.3, -0.25) is 9.69 Å². The topological polar surface area (TPSA) is 50.8 Å². The van der Waals surface area contributed by atoms with E-state index >= 15 is 0 Å². The highest BCUT2D eigenvalue weighted by molar-refractivity contribution is 5.81. The quantitative estimate of drug-likeness (QED) is 0.924. The number of carbonyl (C=O) groups is 1. The molecule has 1 atom stereocenters. The summed E-state index contributed by atoms with van der Waals surface area (Å²) in [6, 6.07) is 5.67. The number of ether oxygens (including phenoxy) is 2. The van der Waals surface area contributed by atoms with E-state index in [1.807, 2.05) is 57.8 Å². The number of hydrogen-bond acceptors (Lipinski definition) is 4. The number of nitrogens with one attached hydrogen (secondary N) is 1. The third kappa shape index (κ3) is 4.11. The highest BCUT2D eigenvalue weighted by Crippen LogP contribution is 2.32. The van der Waals surface area contributed by atoms with Crippen LogP contribution in [-0.4, -0.2) is 36.2 Å². The summed E-state index contributed by atoms with van der Waals surface area (Å²) in [5, 5.41) is 3.00. The molecule has 0 saturated heterocycles. The maximum Gasteiger partial charge on any atom is 0.237 e. The maximum absolute atomic E-state index is 12.2. The summed E-state index contributed by atoms with van der Waals surface area (Å²) < 4.78 is 10.7. The van der Waals surface area contributed by atoms with Gasteiger partial charge in [0.25, 0.3) is 0 Å². The fourth-order valence-corrected chi connectivity index (χ4v) is 2.14. The summed E-state index contributed by atoms with van der Waals surface area (Å²) in [7, 11) is 1.94. The van der Waals surface area contributed by atoms with Crippen molar-refractivity contribution in [2.24, 2.45) is 0 Å². The van der Waals surface area contributed by atoms with Gasteiger partial charge in [-0.1, -0.05) is 6.07 Å². The summed E-state index contributed by atoms with van der Waals surface area (Å²) in [5.41, 5.74) is 0.877. The summed E-state index contributed by atoms with van der Waals surface area (Å²) >= 11 is 0. The fourth-order valence-electron chi connectivity index (χ4n) is 2.14.